The largest absolute Gasteiger partial charge is 0.325 e. The standard InChI is InChI=1S/C24H24N6O2S2/c1-13-9-17(5-7-19(13)27-21(31)29-23-25-11-15(3)33-23)18-6-8-20(14(2)10-18)28-22(32)30-24-26-12-16(4)34-24/h5-12H,1-4H3,(H2,25,27,29,31)(H2,26,28,30,32). The molecule has 0 saturated carbocycles. The third-order valence-corrected chi connectivity index (χ3v) is 6.62. The van der Waals surface area contributed by atoms with Crippen molar-refractivity contribution in [2.75, 3.05) is 21.3 Å². The van der Waals surface area contributed by atoms with Crippen molar-refractivity contribution in [2.45, 2.75) is 27.7 Å². The van der Waals surface area contributed by atoms with Gasteiger partial charge in [0.2, 0.25) is 0 Å². The maximum absolute atomic E-state index is 12.3. The van der Waals surface area contributed by atoms with Gasteiger partial charge in [-0.1, -0.05) is 12.1 Å². The lowest BCUT2D eigenvalue weighted by Crippen LogP contribution is -2.20. The SMILES string of the molecule is Cc1cnc(NC(=O)Nc2ccc(-c3ccc(NC(=O)Nc4ncc(C)s4)c(C)c3)cc2C)s1. The first-order chi connectivity index (χ1) is 16.3. The summed E-state index contributed by atoms with van der Waals surface area (Å²) in [5, 5.41) is 12.3. The molecule has 2 aromatic heterocycles. The lowest BCUT2D eigenvalue weighted by Gasteiger charge is -2.13. The van der Waals surface area contributed by atoms with Crippen LogP contribution in [-0.4, -0.2) is 22.0 Å². The van der Waals surface area contributed by atoms with Crippen LogP contribution in [0, 0.1) is 27.7 Å². The lowest BCUT2D eigenvalue weighted by atomic mass is 10.00. The zero-order chi connectivity index (χ0) is 24.2. The highest BCUT2D eigenvalue weighted by molar-refractivity contribution is 7.16. The smallest absolute Gasteiger partial charge is 0.307 e. The number of hydrogen-bond acceptors (Lipinski definition) is 6. The average molecular weight is 493 g/mol. The first kappa shape index (κ1) is 23.4. The van der Waals surface area contributed by atoms with E-state index in [-0.39, 0.29) is 12.1 Å². The Morgan fingerprint density at radius 1 is 0.647 bits per heavy atom. The molecule has 0 aliphatic heterocycles. The van der Waals surface area contributed by atoms with Crippen LogP contribution in [0.5, 0.6) is 0 Å². The Hall–Kier alpha value is -3.76. The molecule has 0 unspecified atom stereocenters. The van der Waals surface area contributed by atoms with E-state index in [1.807, 2.05) is 64.1 Å². The quantitative estimate of drug-likeness (QED) is 0.246. The molecule has 0 atom stereocenters. The minimum absolute atomic E-state index is 0.331. The summed E-state index contributed by atoms with van der Waals surface area (Å²) in [6.45, 7) is 7.76. The molecule has 4 amide bonds. The van der Waals surface area contributed by atoms with Gasteiger partial charge < -0.3 is 10.6 Å². The molecule has 4 N–H and O–H groups in total. The zero-order valence-corrected chi connectivity index (χ0v) is 20.8. The number of aryl methyl sites for hydroxylation is 4. The molecule has 0 bridgehead atoms. The highest BCUT2D eigenvalue weighted by atomic mass is 32.1. The summed E-state index contributed by atoms with van der Waals surface area (Å²) < 4.78 is 0. The van der Waals surface area contributed by atoms with E-state index in [0.717, 1.165) is 43.4 Å². The third kappa shape index (κ3) is 5.77. The summed E-state index contributed by atoms with van der Waals surface area (Å²) in [6, 6.07) is 11.0. The normalized spacial score (nSPS) is 10.6. The number of carbonyl (C=O) groups is 2. The average Bonchev–Trinajstić information content (AvgIpc) is 3.38. The monoisotopic (exact) mass is 492 g/mol. The van der Waals surface area contributed by atoms with Crippen LogP contribution in [0.2, 0.25) is 0 Å². The summed E-state index contributed by atoms with van der Waals surface area (Å²) in [7, 11) is 0. The second kappa shape index (κ2) is 10.0. The van der Waals surface area contributed by atoms with E-state index in [4.69, 9.17) is 0 Å². The number of rotatable bonds is 5. The first-order valence-electron chi connectivity index (χ1n) is 10.5. The highest BCUT2D eigenvalue weighted by Crippen LogP contribution is 2.28. The molecule has 8 nitrogen and oxygen atoms in total. The number of nitrogens with one attached hydrogen (secondary N) is 4. The van der Waals surface area contributed by atoms with E-state index in [0.29, 0.717) is 10.3 Å². The van der Waals surface area contributed by atoms with Crippen LogP contribution in [0.15, 0.2) is 48.8 Å². The molecule has 0 aliphatic rings. The number of amides is 4. The minimum atomic E-state index is -0.331. The fourth-order valence-corrected chi connectivity index (χ4v) is 4.61. The van der Waals surface area contributed by atoms with Gasteiger partial charge in [-0.15, -0.1) is 22.7 Å². The van der Waals surface area contributed by atoms with E-state index in [1.165, 1.54) is 22.7 Å². The Bertz CT molecular complexity index is 1260. The molecule has 34 heavy (non-hydrogen) atoms. The van der Waals surface area contributed by atoms with Gasteiger partial charge in [-0.3, -0.25) is 10.6 Å². The Labute approximate surface area is 205 Å². The van der Waals surface area contributed by atoms with Crippen molar-refractivity contribution < 1.29 is 9.59 Å². The molecular formula is C24H24N6O2S2. The van der Waals surface area contributed by atoms with Gasteiger partial charge in [-0.25, -0.2) is 19.6 Å². The van der Waals surface area contributed by atoms with Gasteiger partial charge in [0.1, 0.15) is 0 Å². The van der Waals surface area contributed by atoms with Crippen molar-refractivity contribution >= 4 is 56.4 Å². The van der Waals surface area contributed by atoms with Gasteiger partial charge in [0, 0.05) is 33.5 Å². The molecule has 0 fully saturated rings. The fourth-order valence-electron chi connectivity index (χ4n) is 3.29. The van der Waals surface area contributed by atoms with Gasteiger partial charge in [0.15, 0.2) is 10.3 Å². The molecule has 0 radical (unpaired) electrons. The van der Waals surface area contributed by atoms with Gasteiger partial charge >= 0.3 is 12.1 Å². The van der Waals surface area contributed by atoms with Crippen LogP contribution in [0.4, 0.5) is 31.2 Å². The third-order valence-electron chi connectivity index (χ3n) is 4.97. The van der Waals surface area contributed by atoms with E-state index < -0.39 is 0 Å². The van der Waals surface area contributed by atoms with Crippen LogP contribution in [0.25, 0.3) is 11.1 Å². The second-order valence-corrected chi connectivity index (χ2v) is 10.2. The molecule has 2 heterocycles. The Morgan fingerprint density at radius 2 is 1.06 bits per heavy atom. The number of hydrogen-bond donors (Lipinski definition) is 4. The number of aromatic nitrogens is 2. The molecule has 174 valence electrons. The summed E-state index contributed by atoms with van der Waals surface area (Å²) in [4.78, 5) is 34.9. The number of thiazole rings is 2. The van der Waals surface area contributed by atoms with Crippen LogP contribution in [-0.2, 0) is 0 Å². The Kier molecular flexibility index (Phi) is 6.90. The number of anilines is 4. The van der Waals surface area contributed by atoms with Gasteiger partial charge in [0.05, 0.1) is 0 Å². The molecule has 10 heteroatoms. The first-order valence-corrected chi connectivity index (χ1v) is 12.1. The molecule has 4 aromatic rings. The summed E-state index contributed by atoms with van der Waals surface area (Å²) in [5.41, 5.74) is 5.33. The van der Waals surface area contributed by atoms with Crippen molar-refractivity contribution in [2.24, 2.45) is 0 Å². The predicted molar refractivity (Wildman–Crippen MR) is 140 cm³/mol. The number of carbonyl (C=O) groups excluding carboxylic acids is 2. The van der Waals surface area contributed by atoms with E-state index >= 15 is 0 Å². The zero-order valence-electron chi connectivity index (χ0n) is 19.1. The summed E-state index contributed by atoms with van der Waals surface area (Å²) >= 11 is 2.84. The number of benzene rings is 2. The maximum atomic E-state index is 12.3. The predicted octanol–water partition coefficient (Wildman–Crippen LogP) is 6.79. The van der Waals surface area contributed by atoms with Crippen molar-refractivity contribution in [3.05, 3.63) is 69.7 Å². The van der Waals surface area contributed by atoms with Crippen molar-refractivity contribution in [1.82, 2.24) is 9.97 Å². The second-order valence-electron chi connectivity index (χ2n) is 7.77. The van der Waals surface area contributed by atoms with Crippen LogP contribution in [0.1, 0.15) is 20.9 Å². The number of urea groups is 2. The van der Waals surface area contributed by atoms with Crippen molar-refractivity contribution in [3.8, 4) is 11.1 Å². The van der Waals surface area contributed by atoms with Gasteiger partial charge in [0.25, 0.3) is 0 Å². The minimum Gasteiger partial charge on any atom is -0.307 e. The number of nitrogens with zero attached hydrogens (tertiary/aromatic N) is 2. The van der Waals surface area contributed by atoms with Crippen molar-refractivity contribution in [1.29, 1.82) is 0 Å². The molecular weight excluding hydrogens is 468 g/mol. The summed E-state index contributed by atoms with van der Waals surface area (Å²) in [6.07, 6.45) is 3.44. The van der Waals surface area contributed by atoms with E-state index in [2.05, 4.69) is 31.2 Å². The van der Waals surface area contributed by atoms with Gasteiger partial charge in [-0.2, -0.15) is 0 Å². The van der Waals surface area contributed by atoms with Gasteiger partial charge in [-0.05, 0) is 74.2 Å². The maximum Gasteiger partial charge on any atom is 0.325 e. The molecule has 4 rings (SSSR count). The van der Waals surface area contributed by atoms with Crippen LogP contribution >= 0.6 is 22.7 Å². The Morgan fingerprint density at radius 3 is 1.38 bits per heavy atom. The Balaban J connectivity index is 1.41. The molecule has 2 aromatic carbocycles. The molecule has 0 aliphatic carbocycles. The van der Waals surface area contributed by atoms with E-state index in [1.54, 1.807) is 12.4 Å². The highest BCUT2D eigenvalue weighted by Gasteiger charge is 2.11. The topological polar surface area (TPSA) is 108 Å². The lowest BCUT2D eigenvalue weighted by molar-refractivity contribution is 0.261. The van der Waals surface area contributed by atoms with Crippen molar-refractivity contribution in [3.63, 3.8) is 0 Å². The molecule has 0 spiro atoms. The fraction of sp³-hybridized carbons (Fsp3) is 0.167. The molecule has 0 saturated heterocycles. The van der Waals surface area contributed by atoms with E-state index in [9.17, 15) is 9.59 Å². The summed E-state index contributed by atoms with van der Waals surface area (Å²) in [5.74, 6) is 0. The van der Waals surface area contributed by atoms with Crippen LogP contribution < -0.4 is 21.3 Å². The van der Waals surface area contributed by atoms with Crippen LogP contribution in [0.3, 0.4) is 0 Å².